The first-order chi connectivity index (χ1) is 12.9. The Morgan fingerprint density at radius 3 is 2.70 bits per heavy atom. The number of quaternary nitrogens is 1. The van der Waals surface area contributed by atoms with Gasteiger partial charge < -0.3 is 4.90 Å². The standard InChI is InChI=1S/C17H16F3N5OS/c18-17(19,20)12-1-2-14(21-10-12)24-5-3-23(4-6-24)11-13-9-15(26)25-7-8-27-16(25)22-13/h1-2,7-10H,3-6,11H2/p+2. The van der Waals surface area contributed by atoms with Gasteiger partial charge in [0.25, 0.3) is 11.4 Å². The minimum absolute atomic E-state index is 0.0753. The Morgan fingerprint density at radius 1 is 1.26 bits per heavy atom. The van der Waals surface area contributed by atoms with Gasteiger partial charge in [-0.2, -0.15) is 13.2 Å². The van der Waals surface area contributed by atoms with Crippen molar-refractivity contribution >= 4 is 22.1 Å². The summed E-state index contributed by atoms with van der Waals surface area (Å²) in [5, 5.41) is 1.83. The number of rotatable bonds is 3. The predicted molar refractivity (Wildman–Crippen MR) is 94.0 cm³/mol. The number of hydrogen-bond acceptors (Lipinski definition) is 4. The lowest BCUT2D eigenvalue weighted by Gasteiger charge is -2.28. The summed E-state index contributed by atoms with van der Waals surface area (Å²) in [4.78, 5) is 23.4. The maximum absolute atomic E-state index is 12.7. The van der Waals surface area contributed by atoms with Crippen molar-refractivity contribution in [2.45, 2.75) is 12.7 Å². The molecule has 10 heteroatoms. The monoisotopic (exact) mass is 397 g/mol. The molecule has 4 heterocycles. The molecule has 142 valence electrons. The van der Waals surface area contributed by atoms with E-state index < -0.39 is 11.7 Å². The molecule has 0 saturated carbocycles. The first kappa shape index (κ1) is 17.9. The third-order valence-corrected chi connectivity index (χ3v) is 5.48. The minimum Gasteiger partial charge on any atom is -0.323 e. The molecular weight excluding hydrogens is 379 g/mol. The summed E-state index contributed by atoms with van der Waals surface area (Å²) < 4.78 is 39.5. The highest BCUT2D eigenvalue weighted by Gasteiger charge is 2.33. The molecule has 0 aromatic carbocycles. The molecule has 0 bridgehead atoms. The summed E-state index contributed by atoms with van der Waals surface area (Å²) in [6, 6.07) is 4.14. The van der Waals surface area contributed by atoms with Gasteiger partial charge in [-0.25, -0.2) is 9.97 Å². The number of pyridine rings is 1. The molecular formula is C17H18F3N5OS+2. The number of piperazine rings is 1. The molecule has 27 heavy (non-hydrogen) atoms. The summed E-state index contributed by atoms with van der Waals surface area (Å²) in [6.45, 7) is 3.74. The molecule has 0 amide bonds. The average Bonchev–Trinajstić information content (AvgIpc) is 3.11. The third kappa shape index (κ3) is 3.81. The number of alkyl halides is 3. The molecule has 6 nitrogen and oxygen atoms in total. The Kier molecular flexibility index (Phi) is 4.60. The number of H-pyrrole nitrogens is 1. The quantitative estimate of drug-likeness (QED) is 0.700. The predicted octanol–water partition coefficient (Wildman–Crippen LogP) is 0.494. The highest BCUT2D eigenvalue weighted by atomic mass is 32.1. The van der Waals surface area contributed by atoms with Crippen LogP contribution in [0, 0.1) is 0 Å². The number of nitrogens with zero attached hydrogens (tertiary/aromatic N) is 3. The molecule has 0 aliphatic carbocycles. The first-order valence-corrected chi connectivity index (χ1v) is 9.41. The largest absolute Gasteiger partial charge is 0.419 e. The van der Waals surface area contributed by atoms with Crippen LogP contribution in [0.2, 0.25) is 0 Å². The fraction of sp³-hybridized carbons (Fsp3) is 0.353. The molecule has 0 radical (unpaired) electrons. The van der Waals surface area contributed by atoms with Crippen LogP contribution in [0.25, 0.3) is 4.96 Å². The Morgan fingerprint density at radius 2 is 2.04 bits per heavy atom. The van der Waals surface area contributed by atoms with Crippen LogP contribution in [0.15, 0.2) is 40.8 Å². The van der Waals surface area contributed by atoms with Crippen LogP contribution >= 0.6 is 11.3 Å². The molecule has 0 spiro atoms. The van der Waals surface area contributed by atoms with Crippen LogP contribution in [0.3, 0.4) is 0 Å². The smallest absolute Gasteiger partial charge is 0.323 e. The number of aromatic amines is 1. The van der Waals surface area contributed by atoms with Gasteiger partial charge in [-0.05, 0) is 6.07 Å². The molecule has 1 fully saturated rings. The van der Waals surface area contributed by atoms with E-state index in [1.54, 1.807) is 12.3 Å². The number of nitrogens with one attached hydrogen (secondary N) is 2. The second-order valence-corrected chi connectivity index (χ2v) is 7.39. The van der Waals surface area contributed by atoms with Crippen LogP contribution in [0.5, 0.6) is 0 Å². The maximum Gasteiger partial charge on any atom is 0.419 e. The summed E-state index contributed by atoms with van der Waals surface area (Å²) in [7, 11) is 0. The molecule has 4 rings (SSSR count). The average molecular weight is 397 g/mol. The number of halogens is 3. The highest BCUT2D eigenvalue weighted by molar-refractivity contribution is 7.15. The lowest BCUT2D eigenvalue weighted by molar-refractivity contribution is -0.914. The Balaban J connectivity index is 1.39. The van der Waals surface area contributed by atoms with E-state index in [0.29, 0.717) is 17.3 Å². The van der Waals surface area contributed by atoms with E-state index in [-0.39, 0.29) is 5.56 Å². The maximum atomic E-state index is 12.7. The lowest BCUT2D eigenvalue weighted by atomic mass is 10.2. The number of anilines is 1. The van der Waals surface area contributed by atoms with Crippen molar-refractivity contribution in [3.8, 4) is 0 Å². The van der Waals surface area contributed by atoms with Crippen LogP contribution < -0.4 is 20.3 Å². The van der Waals surface area contributed by atoms with Crippen molar-refractivity contribution in [3.05, 3.63) is 57.6 Å². The fourth-order valence-electron chi connectivity index (χ4n) is 3.26. The van der Waals surface area contributed by atoms with E-state index in [4.69, 9.17) is 0 Å². The Labute approximate surface area is 156 Å². The van der Waals surface area contributed by atoms with Crippen LogP contribution in [0.4, 0.5) is 19.0 Å². The van der Waals surface area contributed by atoms with E-state index in [2.05, 4.69) is 9.97 Å². The lowest BCUT2D eigenvalue weighted by Crippen LogP contribution is -3.13. The van der Waals surface area contributed by atoms with Gasteiger partial charge in [0.1, 0.15) is 44.6 Å². The SMILES string of the molecule is O=c1cc(C[NH+]2CCN(c3ccc(C(F)(F)F)c[nH+]3)CC2)nc2sccn12. The number of hydrogen-bond donors (Lipinski definition) is 1. The normalized spacial score (nSPS) is 16.2. The molecule has 0 atom stereocenters. The first-order valence-electron chi connectivity index (χ1n) is 8.53. The van der Waals surface area contributed by atoms with Gasteiger partial charge in [-0.1, -0.05) is 0 Å². The summed E-state index contributed by atoms with van der Waals surface area (Å²) >= 11 is 1.43. The molecule has 0 unspecified atom stereocenters. The van der Waals surface area contributed by atoms with Crippen LogP contribution in [-0.4, -0.2) is 35.6 Å². The second kappa shape index (κ2) is 6.93. The van der Waals surface area contributed by atoms with E-state index in [1.807, 2.05) is 10.3 Å². The topological polar surface area (TPSA) is 56.2 Å². The third-order valence-electron chi connectivity index (χ3n) is 4.72. The number of fused-ring (bicyclic) bond motifs is 1. The molecule has 2 N–H and O–H groups in total. The van der Waals surface area contributed by atoms with E-state index in [9.17, 15) is 18.0 Å². The van der Waals surface area contributed by atoms with Crippen molar-refractivity contribution in [1.82, 2.24) is 9.38 Å². The summed E-state index contributed by atoms with van der Waals surface area (Å²) in [5.74, 6) is 0.679. The van der Waals surface area contributed by atoms with Gasteiger partial charge in [-0.15, -0.1) is 11.3 Å². The number of thiazole rings is 1. The zero-order chi connectivity index (χ0) is 19.0. The Hall–Kier alpha value is -2.46. The van der Waals surface area contributed by atoms with Gasteiger partial charge in [0.2, 0.25) is 0 Å². The molecule has 1 aliphatic heterocycles. The fourth-order valence-corrected chi connectivity index (χ4v) is 4.00. The van der Waals surface area contributed by atoms with Crippen molar-refractivity contribution in [2.24, 2.45) is 0 Å². The number of aromatic nitrogens is 3. The summed E-state index contributed by atoms with van der Waals surface area (Å²) in [5.41, 5.74) is 0.0116. The van der Waals surface area contributed by atoms with Crippen molar-refractivity contribution in [2.75, 3.05) is 31.1 Å². The molecule has 3 aromatic rings. The van der Waals surface area contributed by atoms with Crippen molar-refractivity contribution < 1.29 is 23.1 Å². The van der Waals surface area contributed by atoms with Gasteiger partial charge in [-0.3, -0.25) is 14.1 Å². The zero-order valence-corrected chi connectivity index (χ0v) is 15.1. The second-order valence-electron chi connectivity index (χ2n) is 6.52. The molecule has 1 aliphatic rings. The van der Waals surface area contributed by atoms with Gasteiger partial charge in [0.05, 0.1) is 5.56 Å². The van der Waals surface area contributed by atoms with E-state index in [1.165, 1.54) is 26.7 Å². The van der Waals surface area contributed by atoms with Crippen LogP contribution in [0.1, 0.15) is 11.3 Å². The Bertz CT molecular complexity index is 990. The van der Waals surface area contributed by atoms with Crippen molar-refractivity contribution in [1.29, 1.82) is 0 Å². The van der Waals surface area contributed by atoms with Crippen LogP contribution in [-0.2, 0) is 12.7 Å². The molecule has 1 saturated heterocycles. The van der Waals surface area contributed by atoms with Gasteiger partial charge in [0, 0.05) is 23.7 Å². The van der Waals surface area contributed by atoms with Crippen molar-refractivity contribution in [3.63, 3.8) is 0 Å². The summed E-state index contributed by atoms with van der Waals surface area (Å²) in [6.07, 6.45) is -1.62. The highest BCUT2D eigenvalue weighted by Crippen LogP contribution is 2.28. The zero-order valence-electron chi connectivity index (χ0n) is 14.3. The van der Waals surface area contributed by atoms with E-state index in [0.717, 1.165) is 44.1 Å². The van der Waals surface area contributed by atoms with E-state index >= 15 is 0 Å². The van der Waals surface area contributed by atoms with Gasteiger partial charge in [0.15, 0.2) is 4.96 Å². The van der Waals surface area contributed by atoms with Gasteiger partial charge >= 0.3 is 6.18 Å². The molecule has 3 aromatic heterocycles. The minimum atomic E-state index is -4.34.